The summed E-state index contributed by atoms with van der Waals surface area (Å²) in [6, 6.07) is 0. The molecule has 16 heavy (non-hydrogen) atoms. The molecule has 0 fully saturated rings. The maximum Gasteiger partial charge on any atom is 0.154 e. The third kappa shape index (κ3) is 7.23. The van der Waals surface area contributed by atoms with E-state index < -0.39 is 9.84 Å². The summed E-state index contributed by atoms with van der Waals surface area (Å²) < 4.78 is 23.7. The highest BCUT2D eigenvalue weighted by atomic mass is 32.2. The number of sulfone groups is 1. The van der Waals surface area contributed by atoms with Gasteiger partial charge in [0, 0.05) is 6.54 Å². The van der Waals surface area contributed by atoms with Crippen LogP contribution in [-0.2, 0) is 9.84 Å². The van der Waals surface area contributed by atoms with E-state index in [9.17, 15) is 8.42 Å². The zero-order valence-electron chi connectivity index (χ0n) is 11.1. The molecule has 0 spiro atoms. The molecule has 0 radical (unpaired) electrons. The molecular formula is C12H27NO2S. The second kappa shape index (κ2) is 8.07. The molecule has 0 aliphatic heterocycles. The molecule has 0 amide bonds. The largest absolute Gasteiger partial charge is 0.315 e. The van der Waals surface area contributed by atoms with Gasteiger partial charge in [0.25, 0.3) is 0 Å². The number of hydrogen-bond acceptors (Lipinski definition) is 3. The third-order valence-electron chi connectivity index (χ3n) is 2.73. The topological polar surface area (TPSA) is 46.2 Å². The fraction of sp³-hybridized carbons (Fsp3) is 1.00. The Morgan fingerprint density at radius 3 is 2.31 bits per heavy atom. The second-order valence-corrected chi connectivity index (χ2v) is 7.46. The van der Waals surface area contributed by atoms with Gasteiger partial charge in [0.05, 0.1) is 11.0 Å². The van der Waals surface area contributed by atoms with E-state index in [4.69, 9.17) is 0 Å². The van der Waals surface area contributed by atoms with Crippen molar-refractivity contribution in [3.63, 3.8) is 0 Å². The lowest BCUT2D eigenvalue weighted by atomic mass is 10.2. The maximum atomic E-state index is 11.9. The molecule has 0 aromatic carbocycles. The van der Waals surface area contributed by atoms with Crippen molar-refractivity contribution >= 4 is 9.84 Å². The van der Waals surface area contributed by atoms with E-state index in [0.29, 0.717) is 18.2 Å². The number of hydrogen-bond donors (Lipinski definition) is 1. The van der Waals surface area contributed by atoms with Crippen molar-refractivity contribution in [2.24, 2.45) is 5.92 Å². The average molecular weight is 249 g/mol. The molecule has 0 aromatic rings. The number of rotatable bonds is 9. The molecule has 0 aliphatic rings. The van der Waals surface area contributed by atoms with Gasteiger partial charge in [0.15, 0.2) is 9.84 Å². The fourth-order valence-electron chi connectivity index (χ4n) is 1.34. The van der Waals surface area contributed by atoms with E-state index >= 15 is 0 Å². The molecule has 1 atom stereocenters. The minimum Gasteiger partial charge on any atom is -0.315 e. The summed E-state index contributed by atoms with van der Waals surface area (Å²) in [7, 11) is -2.91. The predicted octanol–water partition coefficient (Wildman–Crippen LogP) is 2.23. The SMILES string of the molecule is CCCCNCC(C)S(=O)(=O)CCC(C)C. The van der Waals surface area contributed by atoms with Crippen LogP contribution < -0.4 is 5.32 Å². The van der Waals surface area contributed by atoms with Crippen LogP contribution in [0.4, 0.5) is 0 Å². The summed E-state index contributed by atoms with van der Waals surface area (Å²) in [5.74, 6) is 0.774. The van der Waals surface area contributed by atoms with Crippen LogP contribution in [0.25, 0.3) is 0 Å². The van der Waals surface area contributed by atoms with Crippen molar-refractivity contribution in [1.29, 1.82) is 0 Å². The molecule has 0 heterocycles. The Bertz CT molecular complexity index is 260. The molecule has 0 aromatic heterocycles. The summed E-state index contributed by atoms with van der Waals surface area (Å²) >= 11 is 0. The molecule has 1 N–H and O–H groups in total. The van der Waals surface area contributed by atoms with Gasteiger partial charge in [-0.25, -0.2) is 8.42 Å². The second-order valence-electron chi connectivity index (χ2n) is 4.92. The highest BCUT2D eigenvalue weighted by Crippen LogP contribution is 2.08. The van der Waals surface area contributed by atoms with Gasteiger partial charge in [-0.15, -0.1) is 0 Å². The predicted molar refractivity (Wildman–Crippen MR) is 70.5 cm³/mol. The lowest BCUT2D eigenvalue weighted by molar-refractivity contribution is 0.552. The molecule has 98 valence electrons. The van der Waals surface area contributed by atoms with Gasteiger partial charge in [-0.1, -0.05) is 27.2 Å². The van der Waals surface area contributed by atoms with Gasteiger partial charge in [-0.05, 0) is 32.2 Å². The Balaban J connectivity index is 3.90. The quantitative estimate of drug-likeness (QED) is 0.637. The number of unbranched alkanes of at least 4 members (excludes halogenated alkanes) is 1. The molecule has 0 saturated carbocycles. The molecule has 3 nitrogen and oxygen atoms in total. The van der Waals surface area contributed by atoms with Gasteiger partial charge in [-0.3, -0.25) is 0 Å². The van der Waals surface area contributed by atoms with Crippen LogP contribution in [0.2, 0.25) is 0 Å². The van der Waals surface area contributed by atoms with Crippen molar-refractivity contribution < 1.29 is 8.42 Å². The Morgan fingerprint density at radius 2 is 1.81 bits per heavy atom. The van der Waals surface area contributed by atoms with Crippen molar-refractivity contribution in [3.05, 3.63) is 0 Å². The van der Waals surface area contributed by atoms with Crippen molar-refractivity contribution in [2.75, 3.05) is 18.8 Å². The van der Waals surface area contributed by atoms with E-state index in [1.807, 2.05) is 0 Å². The van der Waals surface area contributed by atoms with Gasteiger partial charge in [0.1, 0.15) is 0 Å². The van der Waals surface area contributed by atoms with Gasteiger partial charge < -0.3 is 5.32 Å². The first-order chi connectivity index (χ1) is 7.40. The maximum absolute atomic E-state index is 11.9. The lowest BCUT2D eigenvalue weighted by Crippen LogP contribution is -2.33. The molecule has 1 unspecified atom stereocenters. The Hall–Kier alpha value is -0.0900. The van der Waals surface area contributed by atoms with Gasteiger partial charge >= 0.3 is 0 Å². The lowest BCUT2D eigenvalue weighted by Gasteiger charge is -2.14. The first kappa shape index (κ1) is 15.9. The minimum atomic E-state index is -2.91. The van der Waals surface area contributed by atoms with Crippen LogP contribution in [-0.4, -0.2) is 32.5 Å². The molecular weight excluding hydrogens is 222 g/mol. The molecule has 0 aliphatic carbocycles. The van der Waals surface area contributed by atoms with Crippen LogP contribution in [0.15, 0.2) is 0 Å². The Kier molecular flexibility index (Phi) is 8.02. The molecule has 0 saturated heterocycles. The van der Waals surface area contributed by atoms with Crippen LogP contribution in [0.3, 0.4) is 0 Å². The van der Waals surface area contributed by atoms with E-state index in [0.717, 1.165) is 25.8 Å². The normalized spacial score (nSPS) is 14.3. The van der Waals surface area contributed by atoms with Crippen LogP contribution in [0, 0.1) is 5.92 Å². The Labute approximate surface area is 101 Å². The summed E-state index contributed by atoms with van der Waals surface area (Å²) in [4.78, 5) is 0. The zero-order valence-corrected chi connectivity index (χ0v) is 11.9. The van der Waals surface area contributed by atoms with Crippen LogP contribution in [0.1, 0.15) is 47.0 Å². The molecule has 4 heteroatoms. The van der Waals surface area contributed by atoms with Crippen molar-refractivity contribution in [3.8, 4) is 0 Å². The van der Waals surface area contributed by atoms with Gasteiger partial charge in [0.2, 0.25) is 0 Å². The number of nitrogens with one attached hydrogen (secondary N) is 1. The van der Waals surface area contributed by atoms with E-state index in [1.54, 1.807) is 6.92 Å². The highest BCUT2D eigenvalue weighted by molar-refractivity contribution is 7.92. The fourth-order valence-corrected chi connectivity index (χ4v) is 2.91. The summed E-state index contributed by atoms with van der Waals surface area (Å²) in [5, 5.41) is 2.94. The van der Waals surface area contributed by atoms with Gasteiger partial charge in [-0.2, -0.15) is 0 Å². The third-order valence-corrected chi connectivity index (χ3v) is 4.93. The first-order valence-electron chi connectivity index (χ1n) is 6.32. The van der Waals surface area contributed by atoms with Crippen molar-refractivity contribution in [1.82, 2.24) is 5.32 Å². The highest BCUT2D eigenvalue weighted by Gasteiger charge is 2.20. The average Bonchev–Trinajstić information content (AvgIpc) is 2.21. The van der Waals surface area contributed by atoms with Crippen LogP contribution in [0.5, 0.6) is 0 Å². The Morgan fingerprint density at radius 1 is 1.19 bits per heavy atom. The van der Waals surface area contributed by atoms with Crippen LogP contribution >= 0.6 is 0 Å². The standard InChI is InChI=1S/C12H27NO2S/c1-5-6-8-13-10-12(4)16(14,15)9-7-11(2)3/h11-13H,5-10H2,1-4H3. The zero-order chi connectivity index (χ0) is 12.6. The van der Waals surface area contributed by atoms with Crippen molar-refractivity contribution in [2.45, 2.75) is 52.2 Å². The first-order valence-corrected chi connectivity index (χ1v) is 8.04. The minimum absolute atomic E-state index is 0.261. The summed E-state index contributed by atoms with van der Waals surface area (Å²) in [6.07, 6.45) is 3.02. The van der Waals surface area contributed by atoms with E-state index in [-0.39, 0.29) is 5.25 Å². The summed E-state index contributed by atoms with van der Waals surface area (Å²) in [6.45, 7) is 9.54. The summed E-state index contributed by atoms with van der Waals surface area (Å²) in [5.41, 5.74) is 0. The molecule has 0 bridgehead atoms. The monoisotopic (exact) mass is 249 g/mol. The van der Waals surface area contributed by atoms with E-state index in [2.05, 4.69) is 26.1 Å². The smallest absolute Gasteiger partial charge is 0.154 e. The van der Waals surface area contributed by atoms with E-state index in [1.165, 1.54) is 0 Å². The molecule has 0 rings (SSSR count).